The number of nitrogens with zero attached hydrogens (tertiary/aromatic N) is 2. The maximum absolute atomic E-state index is 12.8. The minimum Gasteiger partial charge on any atom is -0.299 e. The van der Waals surface area contributed by atoms with Gasteiger partial charge in [0.25, 0.3) is 0 Å². The SMILES string of the molecule is C=CC(=C)CN1CCC(c2ccc(F)nc2)CC1. The van der Waals surface area contributed by atoms with Crippen LogP contribution >= 0.6 is 0 Å². The van der Waals surface area contributed by atoms with Crippen LogP contribution in [0.2, 0.25) is 0 Å². The van der Waals surface area contributed by atoms with Gasteiger partial charge in [0.2, 0.25) is 5.95 Å². The molecule has 1 aliphatic rings. The second-order valence-electron chi connectivity index (χ2n) is 4.83. The van der Waals surface area contributed by atoms with Crippen LogP contribution in [0.3, 0.4) is 0 Å². The van der Waals surface area contributed by atoms with E-state index in [1.165, 1.54) is 6.07 Å². The molecule has 0 bridgehead atoms. The summed E-state index contributed by atoms with van der Waals surface area (Å²) in [6.07, 6.45) is 5.67. The predicted octanol–water partition coefficient (Wildman–Crippen LogP) is 3.14. The summed E-state index contributed by atoms with van der Waals surface area (Å²) in [5, 5.41) is 0. The molecule has 3 heteroatoms. The molecule has 1 aromatic heterocycles. The molecule has 2 nitrogen and oxygen atoms in total. The summed E-state index contributed by atoms with van der Waals surface area (Å²) in [5.41, 5.74) is 2.22. The predicted molar refractivity (Wildman–Crippen MR) is 71.9 cm³/mol. The molecule has 2 heterocycles. The molecule has 1 saturated heterocycles. The second-order valence-corrected chi connectivity index (χ2v) is 4.83. The Labute approximate surface area is 108 Å². The Morgan fingerprint density at radius 2 is 2.17 bits per heavy atom. The van der Waals surface area contributed by atoms with Crippen molar-refractivity contribution in [2.75, 3.05) is 19.6 Å². The van der Waals surface area contributed by atoms with Gasteiger partial charge < -0.3 is 0 Å². The van der Waals surface area contributed by atoms with Gasteiger partial charge in [0.15, 0.2) is 0 Å². The molecule has 0 saturated carbocycles. The lowest BCUT2D eigenvalue weighted by molar-refractivity contribution is 0.229. The maximum Gasteiger partial charge on any atom is 0.212 e. The number of halogens is 1. The van der Waals surface area contributed by atoms with E-state index in [0.29, 0.717) is 5.92 Å². The van der Waals surface area contributed by atoms with Crippen molar-refractivity contribution in [3.63, 3.8) is 0 Å². The van der Waals surface area contributed by atoms with E-state index in [9.17, 15) is 4.39 Å². The molecule has 1 fully saturated rings. The fraction of sp³-hybridized carbons (Fsp3) is 0.400. The van der Waals surface area contributed by atoms with E-state index in [1.807, 2.05) is 12.1 Å². The number of likely N-dealkylation sites (tertiary alicyclic amines) is 1. The summed E-state index contributed by atoms with van der Waals surface area (Å²) < 4.78 is 12.8. The van der Waals surface area contributed by atoms with Gasteiger partial charge in [0.05, 0.1) is 0 Å². The quantitative estimate of drug-likeness (QED) is 0.599. The molecular weight excluding hydrogens is 227 g/mol. The lowest BCUT2D eigenvalue weighted by Crippen LogP contribution is -2.34. The van der Waals surface area contributed by atoms with Crippen LogP contribution in [0.1, 0.15) is 24.3 Å². The summed E-state index contributed by atoms with van der Waals surface area (Å²) >= 11 is 0. The fourth-order valence-corrected chi connectivity index (χ4v) is 2.40. The molecular formula is C15H19FN2. The number of hydrogen-bond donors (Lipinski definition) is 0. The van der Waals surface area contributed by atoms with Gasteiger partial charge in [-0.3, -0.25) is 4.90 Å². The first-order valence-corrected chi connectivity index (χ1v) is 6.33. The second kappa shape index (κ2) is 5.91. The van der Waals surface area contributed by atoms with Gasteiger partial charge in [-0.2, -0.15) is 4.39 Å². The van der Waals surface area contributed by atoms with E-state index in [2.05, 4.69) is 23.0 Å². The van der Waals surface area contributed by atoms with Crippen LogP contribution in [0.5, 0.6) is 0 Å². The third kappa shape index (κ3) is 3.26. The minimum atomic E-state index is -0.404. The summed E-state index contributed by atoms with van der Waals surface area (Å²) in [6.45, 7) is 10.7. The van der Waals surface area contributed by atoms with Gasteiger partial charge in [0, 0.05) is 12.7 Å². The van der Waals surface area contributed by atoms with Gasteiger partial charge >= 0.3 is 0 Å². The summed E-state index contributed by atoms with van der Waals surface area (Å²) in [7, 11) is 0. The molecule has 0 aromatic carbocycles. The van der Waals surface area contributed by atoms with Gasteiger partial charge in [-0.1, -0.05) is 25.3 Å². The van der Waals surface area contributed by atoms with Crippen molar-refractivity contribution in [3.8, 4) is 0 Å². The average molecular weight is 246 g/mol. The van der Waals surface area contributed by atoms with Crippen molar-refractivity contribution >= 4 is 0 Å². The van der Waals surface area contributed by atoms with E-state index < -0.39 is 5.95 Å². The molecule has 96 valence electrons. The highest BCUT2D eigenvalue weighted by molar-refractivity contribution is 5.17. The molecule has 0 aliphatic carbocycles. The van der Waals surface area contributed by atoms with Crippen molar-refractivity contribution in [1.82, 2.24) is 9.88 Å². The first kappa shape index (κ1) is 13.0. The van der Waals surface area contributed by atoms with Crippen LogP contribution in [-0.4, -0.2) is 29.5 Å². The van der Waals surface area contributed by atoms with Crippen LogP contribution in [0.25, 0.3) is 0 Å². The number of hydrogen-bond acceptors (Lipinski definition) is 2. The van der Waals surface area contributed by atoms with E-state index in [-0.39, 0.29) is 0 Å². The van der Waals surface area contributed by atoms with E-state index in [4.69, 9.17) is 0 Å². The highest BCUT2D eigenvalue weighted by atomic mass is 19.1. The van der Waals surface area contributed by atoms with Crippen LogP contribution in [0.4, 0.5) is 4.39 Å². The van der Waals surface area contributed by atoms with Crippen LogP contribution in [0.15, 0.2) is 43.1 Å². The van der Waals surface area contributed by atoms with E-state index in [0.717, 1.165) is 43.6 Å². The molecule has 1 aliphatic heterocycles. The molecule has 2 rings (SSSR count). The first-order chi connectivity index (χ1) is 8.69. The normalized spacial score (nSPS) is 17.6. The summed E-state index contributed by atoms with van der Waals surface area (Å²) in [6, 6.07) is 3.30. The molecule has 0 radical (unpaired) electrons. The van der Waals surface area contributed by atoms with Gasteiger partial charge in [-0.15, -0.1) is 0 Å². The standard InChI is InChI=1S/C15H19FN2/c1-3-12(2)11-18-8-6-13(7-9-18)14-4-5-15(16)17-10-14/h3-5,10,13H,1-2,6-9,11H2. The Kier molecular flexibility index (Phi) is 4.26. The fourth-order valence-electron chi connectivity index (χ4n) is 2.40. The Hall–Kier alpha value is -1.48. The Bertz CT molecular complexity index is 417. The lowest BCUT2D eigenvalue weighted by Gasteiger charge is -2.32. The van der Waals surface area contributed by atoms with E-state index in [1.54, 1.807) is 6.20 Å². The molecule has 0 unspecified atom stereocenters. The van der Waals surface area contributed by atoms with Crippen molar-refractivity contribution in [3.05, 3.63) is 54.6 Å². The number of pyridine rings is 1. The first-order valence-electron chi connectivity index (χ1n) is 6.33. The number of piperidine rings is 1. The third-order valence-corrected chi connectivity index (χ3v) is 3.52. The highest BCUT2D eigenvalue weighted by Crippen LogP contribution is 2.27. The largest absolute Gasteiger partial charge is 0.299 e. The van der Waals surface area contributed by atoms with Crippen LogP contribution in [0, 0.1) is 5.95 Å². The van der Waals surface area contributed by atoms with Gasteiger partial charge in [-0.05, 0) is 49.1 Å². The van der Waals surface area contributed by atoms with Crippen LogP contribution < -0.4 is 0 Å². The Morgan fingerprint density at radius 1 is 1.44 bits per heavy atom. The minimum absolute atomic E-state index is 0.404. The van der Waals surface area contributed by atoms with Crippen molar-refractivity contribution in [2.24, 2.45) is 0 Å². The number of aromatic nitrogens is 1. The zero-order chi connectivity index (χ0) is 13.0. The van der Waals surface area contributed by atoms with Gasteiger partial charge in [-0.25, -0.2) is 4.98 Å². The topological polar surface area (TPSA) is 16.1 Å². The van der Waals surface area contributed by atoms with Crippen molar-refractivity contribution < 1.29 is 4.39 Å². The zero-order valence-corrected chi connectivity index (χ0v) is 10.6. The molecule has 18 heavy (non-hydrogen) atoms. The molecule has 1 aromatic rings. The maximum atomic E-state index is 12.8. The smallest absolute Gasteiger partial charge is 0.212 e. The van der Waals surface area contributed by atoms with Crippen molar-refractivity contribution in [1.29, 1.82) is 0 Å². The van der Waals surface area contributed by atoms with Crippen LogP contribution in [-0.2, 0) is 0 Å². The highest BCUT2D eigenvalue weighted by Gasteiger charge is 2.20. The average Bonchev–Trinajstić information content (AvgIpc) is 2.40. The van der Waals surface area contributed by atoms with Crippen molar-refractivity contribution in [2.45, 2.75) is 18.8 Å². The third-order valence-electron chi connectivity index (χ3n) is 3.52. The lowest BCUT2D eigenvalue weighted by atomic mass is 9.90. The van der Waals surface area contributed by atoms with E-state index >= 15 is 0 Å². The van der Waals surface area contributed by atoms with Gasteiger partial charge in [0.1, 0.15) is 0 Å². The Balaban J connectivity index is 1.88. The molecule has 0 atom stereocenters. The molecule has 0 spiro atoms. The molecule has 0 amide bonds. The zero-order valence-electron chi connectivity index (χ0n) is 10.6. The number of rotatable bonds is 4. The molecule has 0 N–H and O–H groups in total. The summed E-state index contributed by atoms with van der Waals surface area (Å²) in [5.74, 6) is 0.102. The summed E-state index contributed by atoms with van der Waals surface area (Å²) in [4.78, 5) is 6.11. The monoisotopic (exact) mass is 246 g/mol. The Morgan fingerprint density at radius 3 is 2.72 bits per heavy atom.